The molecule has 1 N–H and O–H groups in total. The normalized spacial score (nSPS) is 14.1. The molecule has 0 radical (unpaired) electrons. The molecule has 0 bridgehead atoms. The van der Waals surface area contributed by atoms with Gasteiger partial charge in [0.05, 0.1) is 17.4 Å². The first-order valence-corrected chi connectivity index (χ1v) is 9.07. The molecule has 0 saturated carbocycles. The van der Waals surface area contributed by atoms with Gasteiger partial charge in [0.25, 0.3) is 0 Å². The zero-order valence-corrected chi connectivity index (χ0v) is 17.4. The number of nitrogens with zero attached hydrogens (tertiary/aromatic N) is 5. The summed E-state index contributed by atoms with van der Waals surface area (Å²) in [6.45, 7) is 13.1. The number of aryl methyl sites for hydroxylation is 1. The van der Waals surface area contributed by atoms with Crippen LogP contribution in [0.4, 0.5) is 0 Å². The molecule has 2 unspecified atom stereocenters. The molecule has 6 nitrogen and oxygen atoms in total. The minimum Gasteiger partial charge on any atom is -0.296 e. The second-order valence-electron chi connectivity index (χ2n) is 7.30. The maximum atomic E-state index is 4.39. The molecule has 0 amide bonds. The maximum absolute atomic E-state index is 4.39. The fourth-order valence-corrected chi connectivity index (χ4v) is 2.48. The molecule has 2 rings (SSSR count). The topological polar surface area (TPSA) is 53.0 Å². The van der Waals surface area contributed by atoms with Gasteiger partial charge in [-0.2, -0.15) is 10.2 Å². The lowest BCUT2D eigenvalue weighted by Crippen LogP contribution is -2.29. The second-order valence-corrected chi connectivity index (χ2v) is 7.30. The maximum Gasteiger partial charge on any atom is 0.0793 e. The highest BCUT2D eigenvalue weighted by Gasteiger charge is 2.16. The van der Waals surface area contributed by atoms with E-state index < -0.39 is 0 Å². The van der Waals surface area contributed by atoms with Gasteiger partial charge < -0.3 is 0 Å². The van der Waals surface area contributed by atoms with E-state index in [9.17, 15) is 0 Å². The van der Waals surface area contributed by atoms with Crippen molar-refractivity contribution < 1.29 is 0 Å². The second kappa shape index (κ2) is 9.73. The smallest absolute Gasteiger partial charge is 0.0793 e. The number of hydrogen-bond donors (Lipinski definition) is 1. The highest BCUT2D eigenvalue weighted by molar-refractivity contribution is 5.04. The largest absolute Gasteiger partial charge is 0.296 e. The Balaban J connectivity index is 0.000000251. The van der Waals surface area contributed by atoms with E-state index in [1.807, 2.05) is 24.0 Å². The zero-order valence-electron chi connectivity index (χ0n) is 17.4. The third kappa shape index (κ3) is 6.29. The van der Waals surface area contributed by atoms with Crippen molar-refractivity contribution in [2.75, 3.05) is 14.1 Å². The fraction of sp³-hybridized carbons (Fsp3) is 0.684. The Hall–Kier alpha value is -1.66. The van der Waals surface area contributed by atoms with Crippen LogP contribution < -0.4 is 0 Å². The average molecular weight is 349 g/mol. The third-order valence-corrected chi connectivity index (χ3v) is 4.99. The number of aromatic nitrogens is 4. The molecule has 6 heteroatoms. The number of H-pyrrole nitrogens is 1. The fourth-order valence-electron chi connectivity index (χ4n) is 2.48. The highest BCUT2D eigenvalue weighted by Crippen LogP contribution is 2.18. The van der Waals surface area contributed by atoms with Gasteiger partial charge in [0.15, 0.2) is 0 Å². The van der Waals surface area contributed by atoms with Crippen LogP contribution in [-0.2, 0) is 7.05 Å². The summed E-state index contributed by atoms with van der Waals surface area (Å²) in [6.07, 6.45) is 3.78. The summed E-state index contributed by atoms with van der Waals surface area (Å²) in [5.74, 6) is 0. The predicted octanol–water partition coefficient (Wildman–Crippen LogP) is 3.63. The Morgan fingerprint density at radius 2 is 1.48 bits per heavy atom. The van der Waals surface area contributed by atoms with Crippen molar-refractivity contribution in [1.82, 2.24) is 29.8 Å². The lowest BCUT2D eigenvalue weighted by Gasteiger charge is -2.27. The molecule has 0 fully saturated rings. The van der Waals surface area contributed by atoms with Crippen molar-refractivity contribution in [3.8, 4) is 0 Å². The highest BCUT2D eigenvalue weighted by atomic mass is 15.3. The first kappa shape index (κ1) is 21.4. The summed E-state index contributed by atoms with van der Waals surface area (Å²) < 4.78 is 1.85. The van der Waals surface area contributed by atoms with Crippen LogP contribution >= 0.6 is 0 Å². The van der Waals surface area contributed by atoms with E-state index in [-0.39, 0.29) is 0 Å². The van der Waals surface area contributed by atoms with Gasteiger partial charge in [-0.25, -0.2) is 0 Å². The van der Waals surface area contributed by atoms with E-state index >= 15 is 0 Å². The average Bonchev–Trinajstić information content (AvgIpc) is 3.23. The Kier molecular flexibility index (Phi) is 8.32. The van der Waals surface area contributed by atoms with Crippen molar-refractivity contribution in [1.29, 1.82) is 0 Å². The zero-order chi connectivity index (χ0) is 19.1. The molecule has 2 aromatic heterocycles. The van der Waals surface area contributed by atoms with Crippen LogP contribution in [0.3, 0.4) is 0 Å². The number of nitrogens with one attached hydrogen (secondary N) is 1. The third-order valence-electron chi connectivity index (χ3n) is 4.99. The molecule has 0 aliphatic heterocycles. The van der Waals surface area contributed by atoms with Gasteiger partial charge in [-0.15, -0.1) is 0 Å². The standard InChI is InChI=1S/C10H19N3.C9H17N3/c1-8(2)13(5)9(3)10-6-7-12(4)11-10;1-7(2)12(4)8(3)9-5-6-10-11-9/h6-9H,1-5H3;5-8H,1-4H3,(H,10,11). The minimum absolute atomic E-state index is 0.390. The van der Waals surface area contributed by atoms with Crippen LogP contribution in [0.25, 0.3) is 0 Å². The van der Waals surface area contributed by atoms with Crippen molar-refractivity contribution in [3.05, 3.63) is 35.9 Å². The summed E-state index contributed by atoms with van der Waals surface area (Å²) in [5.41, 5.74) is 2.31. The van der Waals surface area contributed by atoms with Gasteiger partial charge >= 0.3 is 0 Å². The molecular weight excluding hydrogens is 312 g/mol. The molecule has 25 heavy (non-hydrogen) atoms. The lowest BCUT2D eigenvalue weighted by molar-refractivity contribution is 0.206. The molecule has 2 aromatic rings. The number of hydrogen-bond acceptors (Lipinski definition) is 4. The first-order valence-electron chi connectivity index (χ1n) is 9.07. The molecule has 2 atom stereocenters. The van der Waals surface area contributed by atoms with Crippen LogP contribution in [0.1, 0.15) is 65.0 Å². The molecule has 142 valence electrons. The lowest BCUT2D eigenvalue weighted by atomic mass is 10.2. The van der Waals surface area contributed by atoms with Gasteiger partial charge in [0.2, 0.25) is 0 Å². The number of aromatic amines is 1. The van der Waals surface area contributed by atoms with E-state index in [4.69, 9.17) is 0 Å². The summed E-state index contributed by atoms with van der Waals surface area (Å²) >= 11 is 0. The molecule has 0 spiro atoms. The van der Waals surface area contributed by atoms with Gasteiger partial charge in [0.1, 0.15) is 0 Å². The predicted molar refractivity (Wildman–Crippen MR) is 104 cm³/mol. The van der Waals surface area contributed by atoms with Crippen LogP contribution in [0.5, 0.6) is 0 Å². The van der Waals surface area contributed by atoms with Crippen LogP contribution in [0.15, 0.2) is 24.5 Å². The van der Waals surface area contributed by atoms with E-state index in [1.165, 1.54) is 5.69 Å². The van der Waals surface area contributed by atoms with E-state index in [0.29, 0.717) is 24.2 Å². The Morgan fingerprint density at radius 3 is 1.88 bits per heavy atom. The minimum atomic E-state index is 0.390. The van der Waals surface area contributed by atoms with E-state index in [2.05, 4.69) is 86.8 Å². The summed E-state index contributed by atoms with van der Waals surface area (Å²) in [5, 5.41) is 11.3. The van der Waals surface area contributed by atoms with E-state index in [0.717, 1.165) is 5.69 Å². The Morgan fingerprint density at radius 1 is 0.920 bits per heavy atom. The van der Waals surface area contributed by atoms with Gasteiger partial charge in [-0.3, -0.25) is 19.6 Å². The SMILES string of the molecule is CC(C)N(C)C(C)c1ccn(C)n1.CC(C)N(C)C(C)c1ccn[nH]1. The molecule has 0 aliphatic rings. The van der Waals surface area contributed by atoms with Crippen LogP contribution in [0, 0.1) is 0 Å². The summed E-state index contributed by atoms with van der Waals surface area (Å²) in [7, 11) is 6.20. The van der Waals surface area contributed by atoms with Crippen LogP contribution in [0.2, 0.25) is 0 Å². The quantitative estimate of drug-likeness (QED) is 0.866. The van der Waals surface area contributed by atoms with Crippen LogP contribution in [-0.4, -0.2) is 56.0 Å². The van der Waals surface area contributed by atoms with Crippen molar-refractivity contribution in [2.45, 2.75) is 65.7 Å². The Bertz CT molecular complexity index is 587. The van der Waals surface area contributed by atoms with Gasteiger partial charge in [-0.1, -0.05) is 0 Å². The van der Waals surface area contributed by atoms with Crippen molar-refractivity contribution in [2.24, 2.45) is 7.05 Å². The Labute approximate surface area is 153 Å². The molecular formula is C19H36N6. The monoisotopic (exact) mass is 348 g/mol. The summed E-state index contributed by atoms with van der Waals surface area (Å²) in [4.78, 5) is 4.61. The molecule has 2 heterocycles. The number of rotatable bonds is 6. The van der Waals surface area contributed by atoms with E-state index in [1.54, 1.807) is 6.20 Å². The molecule has 0 aromatic carbocycles. The van der Waals surface area contributed by atoms with Gasteiger partial charge in [-0.05, 0) is 67.8 Å². The summed E-state index contributed by atoms with van der Waals surface area (Å²) in [6, 6.07) is 6.00. The van der Waals surface area contributed by atoms with Crippen molar-refractivity contribution >= 4 is 0 Å². The molecule has 0 saturated heterocycles. The van der Waals surface area contributed by atoms with Crippen molar-refractivity contribution in [3.63, 3.8) is 0 Å². The van der Waals surface area contributed by atoms with Gasteiger partial charge in [0, 0.05) is 37.6 Å². The first-order chi connectivity index (χ1) is 11.6. The molecule has 0 aliphatic carbocycles.